The average Bonchev–Trinajstić information content (AvgIpc) is 2.82. The molecule has 0 aliphatic carbocycles. The summed E-state index contributed by atoms with van der Waals surface area (Å²) in [6, 6.07) is 17.4. The van der Waals surface area contributed by atoms with Gasteiger partial charge in [-0.15, -0.1) is 0 Å². The predicted molar refractivity (Wildman–Crippen MR) is 144 cm³/mol. The van der Waals surface area contributed by atoms with Crippen LogP contribution in [0.3, 0.4) is 0 Å². The lowest BCUT2D eigenvalue weighted by molar-refractivity contribution is -0.123. The molecule has 0 radical (unpaired) electrons. The van der Waals surface area contributed by atoms with Crippen molar-refractivity contribution in [3.05, 3.63) is 84.5 Å². The van der Waals surface area contributed by atoms with E-state index in [1.807, 2.05) is 18.2 Å². The number of carboxylic acids is 1. The monoisotopic (exact) mass is 686 g/mol. The van der Waals surface area contributed by atoms with Crippen molar-refractivity contribution < 1.29 is 28.9 Å². The molecule has 3 aromatic carbocycles. The van der Waals surface area contributed by atoms with Crippen LogP contribution in [0.4, 0.5) is 0 Å². The van der Waals surface area contributed by atoms with Gasteiger partial charge in [0.05, 0.1) is 26.0 Å². The Bertz CT molecular complexity index is 1180. The first-order chi connectivity index (χ1) is 16.4. The summed E-state index contributed by atoms with van der Waals surface area (Å²) in [6.45, 7) is 0.106. The highest BCUT2D eigenvalue weighted by Crippen LogP contribution is 2.29. The highest BCUT2D eigenvalue weighted by Gasteiger charge is 2.10. The Labute approximate surface area is 223 Å². The van der Waals surface area contributed by atoms with Crippen molar-refractivity contribution in [2.24, 2.45) is 5.10 Å². The standard InChI is InChI=1S/C24H20I2N2O6/c1-32-20-4-2-3-5-21(20)33-14-22(29)28-27-12-16-10-18(25)23(19(26)11-16)34-13-15-6-8-17(9-7-15)24(30)31/h2-12H,13-14H2,1H3,(H,28,29)(H,30,31)/b27-12+. The van der Waals surface area contributed by atoms with Gasteiger partial charge in [-0.3, -0.25) is 4.79 Å². The van der Waals surface area contributed by atoms with Gasteiger partial charge in [0.15, 0.2) is 18.1 Å². The number of rotatable bonds is 10. The highest BCUT2D eigenvalue weighted by atomic mass is 127. The summed E-state index contributed by atoms with van der Waals surface area (Å²) >= 11 is 4.34. The first-order valence-corrected chi connectivity index (χ1v) is 12.0. The fraction of sp³-hybridized carbons (Fsp3) is 0.125. The molecule has 8 nitrogen and oxygen atoms in total. The van der Waals surface area contributed by atoms with Crippen LogP contribution in [0.2, 0.25) is 0 Å². The number of benzene rings is 3. The van der Waals surface area contributed by atoms with E-state index in [9.17, 15) is 9.59 Å². The van der Waals surface area contributed by atoms with Crippen molar-refractivity contribution in [2.75, 3.05) is 13.7 Å². The zero-order chi connectivity index (χ0) is 24.5. The molecule has 0 spiro atoms. The number of aromatic carboxylic acids is 1. The number of hydrogen-bond acceptors (Lipinski definition) is 6. The van der Waals surface area contributed by atoms with Gasteiger partial charge in [-0.25, -0.2) is 10.2 Å². The maximum absolute atomic E-state index is 12.0. The number of hydrazone groups is 1. The van der Waals surface area contributed by atoms with E-state index in [0.29, 0.717) is 18.1 Å². The third kappa shape index (κ3) is 7.32. The lowest BCUT2D eigenvalue weighted by atomic mass is 10.1. The Morgan fingerprint density at radius 1 is 1.00 bits per heavy atom. The van der Waals surface area contributed by atoms with Crippen LogP contribution in [0.5, 0.6) is 17.2 Å². The van der Waals surface area contributed by atoms with Gasteiger partial charge in [0.25, 0.3) is 5.91 Å². The highest BCUT2D eigenvalue weighted by molar-refractivity contribution is 14.1. The van der Waals surface area contributed by atoms with E-state index in [4.69, 9.17) is 19.3 Å². The van der Waals surface area contributed by atoms with Crippen LogP contribution in [-0.4, -0.2) is 36.9 Å². The number of ether oxygens (including phenoxy) is 3. The lowest BCUT2D eigenvalue weighted by Crippen LogP contribution is -2.24. The minimum absolute atomic E-state index is 0.201. The summed E-state index contributed by atoms with van der Waals surface area (Å²) in [5.41, 5.74) is 4.32. The van der Waals surface area contributed by atoms with Crippen LogP contribution in [0.15, 0.2) is 65.8 Å². The Hall–Kier alpha value is -2.87. The number of carbonyl (C=O) groups is 2. The van der Waals surface area contributed by atoms with E-state index in [1.54, 1.807) is 48.7 Å². The fourth-order valence-corrected chi connectivity index (χ4v) is 4.91. The van der Waals surface area contributed by atoms with E-state index in [-0.39, 0.29) is 12.2 Å². The second-order valence-corrected chi connectivity index (χ2v) is 9.16. The minimum Gasteiger partial charge on any atom is -0.493 e. The molecular formula is C24H20I2N2O6. The molecular weight excluding hydrogens is 666 g/mol. The molecule has 0 atom stereocenters. The van der Waals surface area contributed by atoms with E-state index in [2.05, 4.69) is 55.7 Å². The van der Waals surface area contributed by atoms with Gasteiger partial charge in [-0.1, -0.05) is 24.3 Å². The molecule has 176 valence electrons. The Balaban J connectivity index is 1.54. The van der Waals surface area contributed by atoms with Crippen LogP contribution >= 0.6 is 45.2 Å². The first-order valence-electron chi connectivity index (χ1n) is 9.89. The third-order valence-electron chi connectivity index (χ3n) is 4.44. The quantitative estimate of drug-likeness (QED) is 0.182. The Morgan fingerprint density at radius 3 is 2.26 bits per heavy atom. The van der Waals surface area contributed by atoms with E-state index in [1.165, 1.54) is 7.11 Å². The van der Waals surface area contributed by atoms with Crippen LogP contribution in [0, 0.1) is 7.14 Å². The molecule has 0 heterocycles. The molecule has 0 unspecified atom stereocenters. The second-order valence-electron chi connectivity index (χ2n) is 6.84. The summed E-state index contributed by atoms with van der Waals surface area (Å²) in [7, 11) is 1.53. The molecule has 0 saturated carbocycles. The molecule has 3 aromatic rings. The molecule has 0 fully saturated rings. The first kappa shape index (κ1) is 25.7. The van der Waals surface area contributed by atoms with Gasteiger partial charge < -0.3 is 19.3 Å². The summed E-state index contributed by atoms with van der Waals surface area (Å²) < 4.78 is 18.3. The third-order valence-corrected chi connectivity index (χ3v) is 6.04. The minimum atomic E-state index is -0.964. The van der Waals surface area contributed by atoms with Crippen molar-refractivity contribution in [1.82, 2.24) is 5.43 Å². The van der Waals surface area contributed by atoms with Crippen LogP contribution in [-0.2, 0) is 11.4 Å². The molecule has 0 bridgehead atoms. The van der Waals surface area contributed by atoms with Gasteiger partial charge in [-0.2, -0.15) is 5.10 Å². The number of amides is 1. The number of nitrogens with zero attached hydrogens (tertiary/aromatic N) is 1. The predicted octanol–water partition coefficient (Wildman–Crippen LogP) is 4.71. The number of halogens is 2. The largest absolute Gasteiger partial charge is 0.493 e. The summed E-state index contributed by atoms with van der Waals surface area (Å²) in [5, 5.41) is 13.0. The van der Waals surface area contributed by atoms with E-state index in [0.717, 1.165) is 24.0 Å². The summed E-state index contributed by atoms with van der Waals surface area (Å²) in [4.78, 5) is 23.0. The van der Waals surface area contributed by atoms with Crippen molar-refractivity contribution in [2.45, 2.75) is 6.61 Å². The van der Waals surface area contributed by atoms with Crippen molar-refractivity contribution >= 4 is 63.3 Å². The normalized spacial score (nSPS) is 10.7. The SMILES string of the molecule is COc1ccccc1OCC(=O)N/N=C/c1cc(I)c(OCc2ccc(C(=O)O)cc2)c(I)c1. The molecule has 0 aliphatic rings. The van der Waals surface area contributed by atoms with E-state index >= 15 is 0 Å². The van der Waals surface area contributed by atoms with Gasteiger partial charge in [0, 0.05) is 0 Å². The molecule has 34 heavy (non-hydrogen) atoms. The molecule has 1 amide bonds. The van der Waals surface area contributed by atoms with Crippen LogP contribution < -0.4 is 19.6 Å². The van der Waals surface area contributed by atoms with Gasteiger partial charge in [0.2, 0.25) is 0 Å². The number of para-hydroxylation sites is 2. The topological polar surface area (TPSA) is 106 Å². The average molecular weight is 686 g/mol. The molecule has 0 aliphatic heterocycles. The van der Waals surface area contributed by atoms with Crippen molar-refractivity contribution in [3.8, 4) is 17.2 Å². The molecule has 0 saturated heterocycles. The summed E-state index contributed by atoms with van der Waals surface area (Å²) in [6.07, 6.45) is 1.54. The molecule has 3 rings (SSSR count). The van der Waals surface area contributed by atoms with Crippen LogP contribution in [0.25, 0.3) is 0 Å². The van der Waals surface area contributed by atoms with Gasteiger partial charge >= 0.3 is 5.97 Å². The van der Waals surface area contributed by atoms with E-state index < -0.39 is 11.9 Å². The van der Waals surface area contributed by atoms with Gasteiger partial charge in [-0.05, 0) is 92.7 Å². The number of carbonyl (C=O) groups excluding carboxylic acids is 1. The zero-order valence-corrected chi connectivity index (χ0v) is 22.3. The molecule has 2 N–H and O–H groups in total. The number of hydrogen-bond donors (Lipinski definition) is 2. The number of nitrogens with one attached hydrogen (secondary N) is 1. The summed E-state index contributed by atoms with van der Waals surface area (Å²) in [5.74, 6) is 0.369. The Kier molecular flexibility index (Phi) is 9.51. The number of methoxy groups -OCH3 is 1. The van der Waals surface area contributed by atoms with Crippen molar-refractivity contribution in [1.29, 1.82) is 0 Å². The smallest absolute Gasteiger partial charge is 0.335 e. The Morgan fingerprint density at radius 2 is 1.65 bits per heavy atom. The maximum Gasteiger partial charge on any atom is 0.335 e. The zero-order valence-electron chi connectivity index (χ0n) is 18.0. The molecule has 0 aromatic heterocycles. The lowest BCUT2D eigenvalue weighted by Gasteiger charge is -2.12. The maximum atomic E-state index is 12.0. The van der Waals surface area contributed by atoms with Crippen LogP contribution in [0.1, 0.15) is 21.5 Å². The molecule has 10 heteroatoms. The van der Waals surface area contributed by atoms with Crippen molar-refractivity contribution in [3.63, 3.8) is 0 Å². The fourth-order valence-electron chi connectivity index (χ4n) is 2.78. The second kappa shape index (κ2) is 12.6. The van der Waals surface area contributed by atoms with Gasteiger partial charge in [0.1, 0.15) is 12.4 Å². The number of carboxylic acid groups (broad SMARTS) is 1.